The van der Waals surface area contributed by atoms with Gasteiger partial charge in [0.05, 0.1) is 25.0 Å². The first-order chi connectivity index (χ1) is 31.4. The van der Waals surface area contributed by atoms with E-state index in [2.05, 4.69) is 0 Å². The third-order valence-corrected chi connectivity index (χ3v) is 12.1. The first-order valence-corrected chi connectivity index (χ1v) is 20.4. The van der Waals surface area contributed by atoms with Crippen LogP contribution in [0.3, 0.4) is 0 Å². The van der Waals surface area contributed by atoms with Crippen LogP contribution < -0.4 is 18.9 Å². The molecular weight excluding hydrogens is 865 g/mol. The van der Waals surface area contributed by atoms with Crippen molar-refractivity contribution in [1.29, 1.82) is 0 Å². The standard InChI is InChI=1S/2C24H20O9/c2*25-14-3-1-10(5-17(14)28)12-8-21(31)32-20-9-16(27)13-7-19(30)23(33-24(13)22(12)20)11-2-4-15(26)18(29)6-11/h2*1-6,9,12,19,23,25-30H,7-8H2/t12-,19+,23+;12-,19-,23-/m01/s1. The van der Waals surface area contributed by atoms with E-state index in [-0.39, 0.29) is 106 Å². The van der Waals surface area contributed by atoms with E-state index < -0.39 is 48.2 Å². The third-order valence-electron chi connectivity index (χ3n) is 12.1. The van der Waals surface area contributed by atoms with Crippen LogP contribution in [-0.2, 0) is 22.4 Å². The van der Waals surface area contributed by atoms with Crippen LogP contribution in [0.1, 0.15) is 81.4 Å². The highest BCUT2D eigenvalue weighted by Crippen LogP contribution is 2.55. The Balaban J connectivity index is 0.000000166. The van der Waals surface area contributed by atoms with Gasteiger partial charge in [-0.2, -0.15) is 0 Å². The first-order valence-electron chi connectivity index (χ1n) is 20.4. The van der Waals surface area contributed by atoms with E-state index in [4.69, 9.17) is 18.9 Å². The summed E-state index contributed by atoms with van der Waals surface area (Å²) in [5, 5.41) is 121. The summed E-state index contributed by atoms with van der Waals surface area (Å²) in [5.41, 5.74) is 3.38. The summed E-state index contributed by atoms with van der Waals surface area (Å²) in [6, 6.07) is 19.1. The molecule has 4 heterocycles. The van der Waals surface area contributed by atoms with Gasteiger partial charge in [-0.1, -0.05) is 24.3 Å². The molecule has 0 saturated carbocycles. The van der Waals surface area contributed by atoms with Gasteiger partial charge in [-0.05, 0) is 70.8 Å². The van der Waals surface area contributed by atoms with Crippen LogP contribution in [0.5, 0.6) is 80.5 Å². The van der Waals surface area contributed by atoms with Crippen molar-refractivity contribution < 1.29 is 89.8 Å². The Morgan fingerprint density at radius 2 is 0.697 bits per heavy atom. The van der Waals surface area contributed by atoms with Gasteiger partial charge in [-0.3, -0.25) is 9.59 Å². The highest BCUT2D eigenvalue weighted by Gasteiger charge is 2.42. The summed E-state index contributed by atoms with van der Waals surface area (Å²) in [5.74, 6) is -4.86. The van der Waals surface area contributed by atoms with Crippen LogP contribution >= 0.6 is 0 Å². The fourth-order valence-corrected chi connectivity index (χ4v) is 8.86. The second kappa shape index (κ2) is 16.4. The molecule has 4 aliphatic heterocycles. The van der Waals surface area contributed by atoms with E-state index in [1.165, 1.54) is 72.8 Å². The molecule has 0 unspecified atom stereocenters. The van der Waals surface area contributed by atoms with Gasteiger partial charge in [-0.15, -0.1) is 0 Å². The van der Waals surface area contributed by atoms with Crippen LogP contribution in [0.25, 0.3) is 0 Å². The molecule has 0 aliphatic carbocycles. The Kier molecular flexibility index (Phi) is 10.7. The van der Waals surface area contributed by atoms with E-state index in [1.807, 2.05) is 0 Å². The molecule has 66 heavy (non-hydrogen) atoms. The molecule has 0 radical (unpaired) electrons. The average Bonchev–Trinajstić information content (AvgIpc) is 3.27. The Morgan fingerprint density at radius 1 is 0.379 bits per heavy atom. The van der Waals surface area contributed by atoms with Gasteiger partial charge in [-0.25, -0.2) is 0 Å². The topological polar surface area (TPSA) is 314 Å². The van der Waals surface area contributed by atoms with Gasteiger partial charge in [0.15, 0.2) is 46.0 Å². The van der Waals surface area contributed by atoms with Crippen LogP contribution in [0, 0.1) is 0 Å². The van der Waals surface area contributed by atoms with Gasteiger partial charge in [0.1, 0.15) is 46.7 Å². The number of carbonyl (C=O) groups excluding carboxylic acids is 2. The largest absolute Gasteiger partial charge is 0.507 e. The molecule has 6 aromatic carbocycles. The molecule has 12 N–H and O–H groups in total. The predicted molar refractivity (Wildman–Crippen MR) is 226 cm³/mol. The van der Waals surface area contributed by atoms with Crippen molar-refractivity contribution in [2.75, 3.05) is 0 Å². The van der Waals surface area contributed by atoms with Crippen molar-refractivity contribution in [3.63, 3.8) is 0 Å². The lowest BCUT2D eigenvalue weighted by atomic mass is 9.82. The van der Waals surface area contributed by atoms with E-state index in [1.54, 1.807) is 12.1 Å². The lowest BCUT2D eigenvalue weighted by molar-refractivity contribution is -0.136. The molecular formula is C48H40O18. The van der Waals surface area contributed by atoms with E-state index >= 15 is 0 Å². The van der Waals surface area contributed by atoms with Crippen LogP contribution in [0.2, 0.25) is 0 Å². The van der Waals surface area contributed by atoms with Crippen molar-refractivity contribution in [1.82, 2.24) is 0 Å². The van der Waals surface area contributed by atoms with Crippen LogP contribution in [0.15, 0.2) is 84.9 Å². The molecule has 6 aromatic rings. The Hall–Kier alpha value is -8.22. The number of rotatable bonds is 4. The molecule has 0 saturated heterocycles. The summed E-state index contributed by atoms with van der Waals surface area (Å²) >= 11 is 0. The average molecular weight is 905 g/mol. The van der Waals surface area contributed by atoms with Crippen molar-refractivity contribution in [3.8, 4) is 80.5 Å². The van der Waals surface area contributed by atoms with Crippen molar-refractivity contribution in [2.24, 2.45) is 0 Å². The molecule has 6 atom stereocenters. The quantitative estimate of drug-likeness (QED) is 0.0600. The highest BCUT2D eigenvalue weighted by molar-refractivity contribution is 5.81. The summed E-state index contributed by atoms with van der Waals surface area (Å²) in [6.45, 7) is 0. The van der Waals surface area contributed by atoms with Gasteiger partial charge < -0.3 is 80.2 Å². The maximum atomic E-state index is 12.3. The number of phenolic OH excluding ortho intramolecular Hbond substituents is 10. The number of esters is 2. The number of aliphatic hydroxyl groups is 2. The fourth-order valence-electron chi connectivity index (χ4n) is 8.86. The maximum absolute atomic E-state index is 12.3. The van der Waals surface area contributed by atoms with E-state index in [9.17, 15) is 70.9 Å². The van der Waals surface area contributed by atoms with Gasteiger partial charge in [0.25, 0.3) is 0 Å². The Morgan fingerprint density at radius 3 is 1.03 bits per heavy atom. The second-order valence-electron chi connectivity index (χ2n) is 16.3. The lowest BCUT2D eigenvalue weighted by Gasteiger charge is -2.36. The summed E-state index contributed by atoms with van der Waals surface area (Å²) in [6.07, 6.45) is -4.16. The monoisotopic (exact) mass is 904 g/mol. The van der Waals surface area contributed by atoms with Crippen molar-refractivity contribution >= 4 is 11.9 Å². The molecule has 0 bridgehead atoms. The zero-order valence-corrected chi connectivity index (χ0v) is 34.2. The van der Waals surface area contributed by atoms with Crippen LogP contribution in [-0.4, -0.2) is 85.4 Å². The number of phenols is 10. The second-order valence-corrected chi connectivity index (χ2v) is 16.3. The number of hydrogen-bond donors (Lipinski definition) is 12. The minimum Gasteiger partial charge on any atom is -0.507 e. The summed E-state index contributed by atoms with van der Waals surface area (Å²) < 4.78 is 23.0. The molecule has 0 fully saturated rings. The van der Waals surface area contributed by atoms with Crippen molar-refractivity contribution in [3.05, 3.63) is 129 Å². The molecule has 18 nitrogen and oxygen atoms in total. The molecule has 340 valence electrons. The predicted octanol–water partition coefficient (Wildman–Crippen LogP) is 5.39. The normalized spacial score (nSPS) is 21.5. The highest BCUT2D eigenvalue weighted by atomic mass is 16.5. The number of ether oxygens (including phenoxy) is 4. The molecule has 0 spiro atoms. The summed E-state index contributed by atoms with van der Waals surface area (Å²) in [7, 11) is 0. The number of fused-ring (bicyclic) bond motifs is 6. The van der Waals surface area contributed by atoms with E-state index in [0.717, 1.165) is 0 Å². The number of aliphatic hydroxyl groups excluding tert-OH is 2. The van der Waals surface area contributed by atoms with E-state index in [0.29, 0.717) is 44.5 Å². The van der Waals surface area contributed by atoms with Crippen LogP contribution in [0.4, 0.5) is 0 Å². The minimum absolute atomic E-state index is 0.0161. The van der Waals surface area contributed by atoms with Gasteiger partial charge in [0, 0.05) is 59.1 Å². The Bertz CT molecular complexity index is 2770. The van der Waals surface area contributed by atoms with Gasteiger partial charge in [0.2, 0.25) is 0 Å². The van der Waals surface area contributed by atoms with Gasteiger partial charge >= 0.3 is 11.9 Å². The minimum atomic E-state index is -1.08. The molecule has 0 amide bonds. The number of carbonyl (C=O) groups is 2. The lowest BCUT2D eigenvalue weighted by Crippen LogP contribution is -2.32. The third kappa shape index (κ3) is 7.66. The Labute approximate surface area is 372 Å². The molecule has 18 heteroatoms. The number of aromatic hydroxyl groups is 10. The number of benzene rings is 6. The fraction of sp³-hybridized carbons (Fsp3) is 0.208. The van der Waals surface area contributed by atoms with Crippen molar-refractivity contribution in [2.45, 2.75) is 61.9 Å². The zero-order valence-electron chi connectivity index (χ0n) is 34.2. The number of hydrogen-bond acceptors (Lipinski definition) is 18. The first kappa shape index (κ1) is 43.1. The molecule has 10 rings (SSSR count). The SMILES string of the molecule is O=C1C[C@@H](c2ccc(O)c(O)c2)c2c(cc(O)c3c2O[C@H](c2ccc(O)c(O)c2)[C@H](O)C3)O1.O=C1C[C@H](c2ccc(O)c(O)c2)c2c(cc(O)c3c2O[C@H](c2ccc(O)c(O)c2)[C@H](O)C3)O1. The smallest absolute Gasteiger partial charge is 0.312 e. The molecule has 4 aliphatic rings. The summed E-state index contributed by atoms with van der Waals surface area (Å²) in [4.78, 5) is 24.6. The molecule has 0 aromatic heterocycles. The maximum Gasteiger partial charge on any atom is 0.312 e. The zero-order chi connectivity index (χ0) is 46.9.